The van der Waals surface area contributed by atoms with Gasteiger partial charge in [0, 0.05) is 6.54 Å². The standard InChI is InChI=1S/C15H21NO4S/c1-11(2)12-5-7-13(8-6-12)21(18,19)16-9-10-20-14(17)15(16,3)4/h5-8,11H,9-10H2,1-4H3. The first-order chi connectivity index (χ1) is 9.67. The van der Waals surface area contributed by atoms with Crippen LogP contribution in [0, 0.1) is 0 Å². The summed E-state index contributed by atoms with van der Waals surface area (Å²) in [5.74, 6) is -0.181. The lowest BCUT2D eigenvalue weighted by atomic mass is 10.0. The van der Waals surface area contributed by atoms with E-state index in [0.29, 0.717) is 5.92 Å². The van der Waals surface area contributed by atoms with Crippen LogP contribution >= 0.6 is 0 Å². The number of sulfonamides is 1. The number of nitrogens with zero attached hydrogens (tertiary/aromatic N) is 1. The maximum atomic E-state index is 12.7. The van der Waals surface area contributed by atoms with E-state index in [1.807, 2.05) is 26.0 Å². The minimum Gasteiger partial charge on any atom is -0.463 e. The largest absolute Gasteiger partial charge is 0.463 e. The highest BCUT2D eigenvalue weighted by atomic mass is 32.2. The third-order valence-electron chi connectivity index (χ3n) is 3.79. The van der Waals surface area contributed by atoms with Crippen LogP contribution in [0.25, 0.3) is 0 Å². The Morgan fingerprint density at radius 3 is 2.29 bits per heavy atom. The van der Waals surface area contributed by atoms with Crippen LogP contribution in [0.3, 0.4) is 0 Å². The number of ether oxygens (including phenoxy) is 1. The molecule has 1 heterocycles. The molecule has 1 saturated heterocycles. The quantitative estimate of drug-likeness (QED) is 0.802. The maximum Gasteiger partial charge on any atom is 0.327 e. The van der Waals surface area contributed by atoms with Gasteiger partial charge in [0.05, 0.1) is 4.90 Å². The summed E-state index contributed by atoms with van der Waals surface area (Å²) in [7, 11) is -3.71. The predicted octanol–water partition coefficient (Wildman–Crippen LogP) is 2.14. The molecular formula is C15H21NO4S. The maximum absolute atomic E-state index is 12.7. The van der Waals surface area contributed by atoms with Crippen LogP contribution in [0.5, 0.6) is 0 Å². The van der Waals surface area contributed by atoms with Gasteiger partial charge in [0.15, 0.2) is 0 Å². The summed E-state index contributed by atoms with van der Waals surface area (Å²) in [6, 6.07) is 6.82. The summed E-state index contributed by atoms with van der Waals surface area (Å²) in [6.45, 7) is 7.49. The molecule has 0 atom stereocenters. The Morgan fingerprint density at radius 2 is 1.76 bits per heavy atom. The average Bonchev–Trinajstić information content (AvgIpc) is 2.41. The molecule has 116 valence electrons. The minimum atomic E-state index is -3.71. The fraction of sp³-hybridized carbons (Fsp3) is 0.533. The summed E-state index contributed by atoms with van der Waals surface area (Å²) in [5, 5.41) is 0. The van der Waals surface area contributed by atoms with Crippen molar-refractivity contribution < 1.29 is 17.9 Å². The molecule has 1 aliphatic heterocycles. The molecule has 5 nitrogen and oxygen atoms in total. The van der Waals surface area contributed by atoms with Gasteiger partial charge in [-0.3, -0.25) is 4.79 Å². The van der Waals surface area contributed by atoms with E-state index in [4.69, 9.17) is 4.74 Å². The van der Waals surface area contributed by atoms with Crippen molar-refractivity contribution in [3.63, 3.8) is 0 Å². The molecule has 0 spiro atoms. The second-order valence-corrected chi connectivity index (χ2v) is 7.86. The van der Waals surface area contributed by atoms with Crippen molar-refractivity contribution in [2.45, 2.75) is 44.0 Å². The molecule has 0 unspecified atom stereocenters. The highest BCUT2D eigenvalue weighted by Crippen LogP contribution is 2.29. The SMILES string of the molecule is CC(C)c1ccc(S(=O)(=O)N2CCOC(=O)C2(C)C)cc1. The van der Waals surface area contributed by atoms with Crippen LogP contribution in [0.1, 0.15) is 39.2 Å². The van der Waals surface area contributed by atoms with Crippen molar-refractivity contribution >= 4 is 16.0 Å². The number of carbonyl (C=O) groups excluding carboxylic acids is 1. The van der Waals surface area contributed by atoms with Crippen molar-refractivity contribution in [2.24, 2.45) is 0 Å². The number of esters is 1. The van der Waals surface area contributed by atoms with E-state index < -0.39 is 21.5 Å². The molecule has 0 radical (unpaired) electrons. The Hall–Kier alpha value is -1.40. The number of carbonyl (C=O) groups is 1. The van der Waals surface area contributed by atoms with Crippen LogP contribution < -0.4 is 0 Å². The molecule has 0 aliphatic carbocycles. The molecule has 6 heteroatoms. The Labute approximate surface area is 126 Å². The summed E-state index contributed by atoms with van der Waals surface area (Å²) in [5.41, 5.74) is -0.111. The van der Waals surface area contributed by atoms with Crippen LogP contribution in [0.2, 0.25) is 0 Å². The van der Waals surface area contributed by atoms with Gasteiger partial charge in [0.25, 0.3) is 0 Å². The lowest BCUT2D eigenvalue weighted by Gasteiger charge is -2.38. The summed E-state index contributed by atoms with van der Waals surface area (Å²) in [6.07, 6.45) is 0. The minimum absolute atomic E-state index is 0.0889. The van der Waals surface area contributed by atoms with Gasteiger partial charge < -0.3 is 4.74 Å². The van der Waals surface area contributed by atoms with Crippen molar-refractivity contribution in [1.82, 2.24) is 4.31 Å². The first-order valence-electron chi connectivity index (χ1n) is 6.97. The number of rotatable bonds is 3. The van der Waals surface area contributed by atoms with E-state index in [1.165, 1.54) is 4.31 Å². The molecule has 1 aliphatic rings. The number of morpholine rings is 1. The van der Waals surface area contributed by atoms with E-state index in [1.54, 1.807) is 26.0 Å². The summed E-state index contributed by atoms with van der Waals surface area (Å²) in [4.78, 5) is 12.0. The fourth-order valence-electron chi connectivity index (χ4n) is 2.35. The van der Waals surface area contributed by atoms with Gasteiger partial charge in [-0.1, -0.05) is 26.0 Å². The van der Waals surface area contributed by atoms with E-state index >= 15 is 0 Å². The van der Waals surface area contributed by atoms with Gasteiger partial charge >= 0.3 is 5.97 Å². The van der Waals surface area contributed by atoms with Crippen LogP contribution in [0.15, 0.2) is 29.2 Å². The molecule has 0 amide bonds. The normalized spacial score (nSPS) is 19.6. The third kappa shape index (κ3) is 2.82. The molecule has 0 saturated carbocycles. The zero-order chi connectivity index (χ0) is 15.8. The van der Waals surface area contributed by atoms with E-state index in [2.05, 4.69) is 0 Å². The number of hydrogen-bond acceptors (Lipinski definition) is 4. The van der Waals surface area contributed by atoms with E-state index in [-0.39, 0.29) is 18.0 Å². The summed E-state index contributed by atoms with van der Waals surface area (Å²) >= 11 is 0. The van der Waals surface area contributed by atoms with Crippen LogP contribution in [-0.2, 0) is 19.6 Å². The molecule has 1 aromatic rings. The number of hydrogen-bond donors (Lipinski definition) is 0. The van der Waals surface area contributed by atoms with Crippen molar-refractivity contribution in [3.05, 3.63) is 29.8 Å². The van der Waals surface area contributed by atoms with Gasteiger partial charge in [-0.05, 0) is 37.5 Å². The molecule has 0 aromatic heterocycles. The van der Waals surface area contributed by atoms with E-state index in [9.17, 15) is 13.2 Å². The molecule has 1 fully saturated rings. The van der Waals surface area contributed by atoms with Gasteiger partial charge in [-0.25, -0.2) is 8.42 Å². The number of cyclic esters (lactones) is 1. The predicted molar refractivity (Wildman–Crippen MR) is 79.5 cm³/mol. The Balaban J connectivity index is 2.39. The lowest BCUT2D eigenvalue weighted by molar-refractivity contribution is -0.160. The fourth-order valence-corrected chi connectivity index (χ4v) is 4.08. The first-order valence-corrected chi connectivity index (χ1v) is 8.41. The lowest BCUT2D eigenvalue weighted by Crippen LogP contribution is -2.58. The van der Waals surface area contributed by atoms with Gasteiger partial charge in [-0.15, -0.1) is 0 Å². The first kappa shape index (κ1) is 16.0. The van der Waals surface area contributed by atoms with Crippen LogP contribution in [0.4, 0.5) is 0 Å². The monoisotopic (exact) mass is 311 g/mol. The van der Waals surface area contributed by atoms with E-state index in [0.717, 1.165) is 5.56 Å². The molecule has 1 aromatic carbocycles. The second-order valence-electron chi connectivity index (χ2n) is 6.00. The Bertz CT molecular complexity index is 632. The Morgan fingerprint density at radius 1 is 1.19 bits per heavy atom. The van der Waals surface area contributed by atoms with Gasteiger partial charge in [-0.2, -0.15) is 4.31 Å². The third-order valence-corrected chi connectivity index (χ3v) is 5.87. The number of benzene rings is 1. The van der Waals surface area contributed by atoms with Crippen molar-refractivity contribution in [3.8, 4) is 0 Å². The average molecular weight is 311 g/mol. The molecule has 0 N–H and O–H groups in total. The Kier molecular flexibility index (Phi) is 4.13. The zero-order valence-corrected chi connectivity index (χ0v) is 13.6. The highest BCUT2D eigenvalue weighted by molar-refractivity contribution is 7.89. The van der Waals surface area contributed by atoms with Crippen LogP contribution in [-0.4, -0.2) is 37.4 Å². The summed E-state index contributed by atoms with van der Waals surface area (Å²) < 4.78 is 31.7. The molecule has 21 heavy (non-hydrogen) atoms. The zero-order valence-electron chi connectivity index (χ0n) is 12.8. The molecular weight excluding hydrogens is 290 g/mol. The smallest absolute Gasteiger partial charge is 0.327 e. The molecule has 0 bridgehead atoms. The molecule has 2 rings (SSSR count). The van der Waals surface area contributed by atoms with Crippen molar-refractivity contribution in [2.75, 3.05) is 13.2 Å². The second kappa shape index (κ2) is 5.42. The van der Waals surface area contributed by atoms with Crippen molar-refractivity contribution in [1.29, 1.82) is 0 Å². The van der Waals surface area contributed by atoms with Gasteiger partial charge in [0.1, 0.15) is 12.1 Å². The highest BCUT2D eigenvalue weighted by Gasteiger charge is 2.46. The topological polar surface area (TPSA) is 63.7 Å². The van der Waals surface area contributed by atoms with Gasteiger partial charge in [0.2, 0.25) is 10.0 Å².